The summed E-state index contributed by atoms with van der Waals surface area (Å²) in [5.41, 5.74) is 13.1. The largest absolute Gasteiger partial charge is 0.463 e. The summed E-state index contributed by atoms with van der Waals surface area (Å²) in [6.45, 7) is 4.81. The first-order chi connectivity index (χ1) is 11.0. The molecule has 2 N–H and O–H groups in total. The zero-order chi connectivity index (χ0) is 16.2. The minimum Gasteiger partial charge on any atom is -0.463 e. The van der Waals surface area contributed by atoms with Crippen molar-refractivity contribution in [1.29, 1.82) is 0 Å². The molecule has 23 heavy (non-hydrogen) atoms. The predicted octanol–water partition coefficient (Wildman–Crippen LogP) is 2.28. The third-order valence-corrected chi connectivity index (χ3v) is 5.22. The minimum atomic E-state index is -0.140. The number of nitrogens with two attached hydrogens (primary N) is 1. The molecule has 0 amide bonds. The van der Waals surface area contributed by atoms with Crippen molar-refractivity contribution in [3.8, 4) is 11.1 Å². The van der Waals surface area contributed by atoms with Crippen molar-refractivity contribution >= 4 is 6.02 Å². The maximum atomic E-state index is 5.71. The van der Waals surface area contributed by atoms with Gasteiger partial charge in [0.2, 0.25) is 0 Å². The summed E-state index contributed by atoms with van der Waals surface area (Å²) in [6.07, 6.45) is 2.92. The summed E-state index contributed by atoms with van der Waals surface area (Å²) in [4.78, 5) is 4.55. The molecule has 1 aromatic carbocycles. The Bertz CT molecular complexity index is 821. The molecule has 1 spiro atoms. The van der Waals surface area contributed by atoms with E-state index in [4.69, 9.17) is 10.5 Å². The van der Waals surface area contributed by atoms with Crippen molar-refractivity contribution < 1.29 is 4.74 Å². The van der Waals surface area contributed by atoms with Gasteiger partial charge in [0.05, 0.1) is 5.69 Å². The molecule has 1 aliphatic carbocycles. The third-order valence-electron chi connectivity index (χ3n) is 5.22. The highest BCUT2D eigenvalue weighted by Crippen LogP contribution is 2.37. The van der Waals surface area contributed by atoms with Gasteiger partial charge in [-0.15, -0.1) is 0 Å². The van der Waals surface area contributed by atoms with Gasteiger partial charge in [-0.25, -0.2) is 4.99 Å². The average Bonchev–Trinajstić information content (AvgIpc) is 2.99. The van der Waals surface area contributed by atoms with Crippen LogP contribution < -0.4 is 5.73 Å². The number of benzene rings is 1. The van der Waals surface area contributed by atoms with Gasteiger partial charge in [0, 0.05) is 24.7 Å². The van der Waals surface area contributed by atoms with E-state index >= 15 is 0 Å². The third kappa shape index (κ3) is 2.22. The van der Waals surface area contributed by atoms with Crippen molar-refractivity contribution in [1.82, 2.24) is 9.78 Å². The SMILES string of the molecule is Cc1nn(C)c(C)c1-c1ccc2c(c1)CCC1(COC(N)=N1)C2. The number of nitrogens with zero attached hydrogens (tertiary/aromatic N) is 3. The van der Waals surface area contributed by atoms with E-state index in [9.17, 15) is 0 Å². The molecule has 120 valence electrons. The van der Waals surface area contributed by atoms with Crippen LogP contribution in [0.4, 0.5) is 0 Å². The minimum absolute atomic E-state index is 0.140. The molecule has 2 aliphatic rings. The Hall–Kier alpha value is -2.30. The molecule has 4 rings (SSSR count). The number of hydrogen-bond acceptors (Lipinski definition) is 4. The number of amidine groups is 1. The number of fused-ring (bicyclic) bond motifs is 1. The second-order valence-corrected chi connectivity index (χ2v) is 6.79. The highest BCUT2D eigenvalue weighted by atomic mass is 16.5. The summed E-state index contributed by atoms with van der Waals surface area (Å²) in [6, 6.07) is 7.10. The Morgan fingerprint density at radius 1 is 1.26 bits per heavy atom. The molecule has 1 atom stereocenters. The summed E-state index contributed by atoms with van der Waals surface area (Å²) in [5.74, 6) is 0. The van der Waals surface area contributed by atoms with E-state index in [1.54, 1.807) is 0 Å². The number of ether oxygens (including phenoxy) is 1. The van der Waals surface area contributed by atoms with Crippen LogP contribution in [0.3, 0.4) is 0 Å². The topological polar surface area (TPSA) is 65.4 Å². The number of rotatable bonds is 1. The van der Waals surface area contributed by atoms with E-state index < -0.39 is 0 Å². The van der Waals surface area contributed by atoms with Crippen LogP contribution in [0.15, 0.2) is 23.2 Å². The molecular weight excluding hydrogens is 288 g/mol. The molecule has 0 radical (unpaired) electrons. The lowest BCUT2D eigenvalue weighted by Gasteiger charge is -2.30. The summed E-state index contributed by atoms with van der Waals surface area (Å²) < 4.78 is 7.36. The molecule has 2 aromatic rings. The number of aromatic nitrogens is 2. The fourth-order valence-corrected chi connectivity index (χ4v) is 3.91. The van der Waals surface area contributed by atoms with Gasteiger partial charge in [0.15, 0.2) is 0 Å². The predicted molar refractivity (Wildman–Crippen MR) is 90.4 cm³/mol. The molecule has 0 bridgehead atoms. The number of aliphatic imine (C=N–C) groups is 1. The Kier molecular flexibility index (Phi) is 3.01. The standard InChI is InChI=1S/C18H22N4O/c1-11-16(12(2)22(3)21-11)14-4-5-15-9-18(7-6-13(15)8-14)10-23-17(19)20-18/h4-5,8H,6-7,9-10H2,1-3H3,(H2,19,20). The number of aryl methyl sites for hydroxylation is 3. The van der Waals surface area contributed by atoms with E-state index in [2.05, 4.69) is 42.1 Å². The van der Waals surface area contributed by atoms with E-state index in [1.165, 1.54) is 27.9 Å². The maximum absolute atomic E-state index is 5.71. The Balaban J connectivity index is 1.71. The van der Waals surface area contributed by atoms with Gasteiger partial charge in [0.1, 0.15) is 12.1 Å². The van der Waals surface area contributed by atoms with Crippen molar-refractivity contribution in [3.05, 3.63) is 40.7 Å². The number of hydrogen-bond donors (Lipinski definition) is 1. The average molecular weight is 310 g/mol. The van der Waals surface area contributed by atoms with Crippen LogP contribution >= 0.6 is 0 Å². The van der Waals surface area contributed by atoms with Crippen molar-refractivity contribution in [3.63, 3.8) is 0 Å². The first-order valence-corrected chi connectivity index (χ1v) is 8.08. The van der Waals surface area contributed by atoms with E-state index in [0.717, 1.165) is 25.0 Å². The van der Waals surface area contributed by atoms with Crippen LogP contribution in [-0.4, -0.2) is 27.9 Å². The van der Waals surface area contributed by atoms with E-state index in [-0.39, 0.29) is 5.54 Å². The fourth-order valence-electron chi connectivity index (χ4n) is 3.91. The van der Waals surface area contributed by atoms with Crippen LogP contribution in [0.1, 0.15) is 28.9 Å². The van der Waals surface area contributed by atoms with Crippen LogP contribution in [0, 0.1) is 13.8 Å². The quantitative estimate of drug-likeness (QED) is 0.879. The maximum Gasteiger partial charge on any atom is 0.282 e. The normalized spacial score (nSPS) is 22.8. The highest BCUT2D eigenvalue weighted by Gasteiger charge is 2.39. The fraction of sp³-hybridized carbons (Fsp3) is 0.444. The van der Waals surface area contributed by atoms with Gasteiger partial charge in [-0.05, 0) is 43.4 Å². The molecule has 0 saturated carbocycles. The van der Waals surface area contributed by atoms with Crippen LogP contribution in [0.2, 0.25) is 0 Å². The van der Waals surface area contributed by atoms with Crippen LogP contribution in [0.5, 0.6) is 0 Å². The van der Waals surface area contributed by atoms with Gasteiger partial charge >= 0.3 is 0 Å². The first-order valence-electron chi connectivity index (χ1n) is 8.08. The van der Waals surface area contributed by atoms with Gasteiger partial charge in [-0.1, -0.05) is 18.2 Å². The van der Waals surface area contributed by atoms with Crippen molar-refractivity contribution in [2.45, 2.75) is 38.6 Å². The van der Waals surface area contributed by atoms with E-state index in [0.29, 0.717) is 12.6 Å². The van der Waals surface area contributed by atoms with Crippen LogP contribution in [0.25, 0.3) is 11.1 Å². The summed E-state index contributed by atoms with van der Waals surface area (Å²) >= 11 is 0. The highest BCUT2D eigenvalue weighted by molar-refractivity contribution is 5.74. The van der Waals surface area contributed by atoms with Crippen molar-refractivity contribution in [2.75, 3.05) is 6.61 Å². The van der Waals surface area contributed by atoms with Gasteiger partial charge in [-0.2, -0.15) is 5.10 Å². The molecule has 1 aromatic heterocycles. The second kappa shape index (κ2) is 4.85. The molecule has 0 fully saturated rings. The Labute approximate surface area is 136 Å². The molecular formula is C18H22N4O. The summed E-state index contributed by atoms with van der Waals surface area (Å²) in [7, 11) is 2.00. The van der Waals surface area contributed by atoms with Gasteiger partial charge < -0.3 is 10.5 Å². The monoisotopic (exact) mass is 310 g/mol. The smallest absolute Gasteiger partial charge is 0.282 e. The van der Waals surface area contributed by atoms with Gasteiger partial charge in [0.25, 0.3) is 6.02 Å². The lowest BCUT2D eigenvalue weighted by Crippen LogP contribution is -2.35. The van der Waals surface area contributed by atoms with E-state index in [1.807, 2.05) is 11.7 Å². The molecule has 0 saturated heterocycles. The lowest BCUT2D eigenvalue weighted by molar-refractivity contribution is 0.235. The first kappa shape index (κ1) is 14.3. The molecule has 2 heterocycles. The second-order valence-electron chi connectivity index (χ2n) is 6.79. The van der Waals surface area contributed by atoms with Crippen LogP contribution in [-0.2, 0) is 24.6 Å². The zero-order valence-corrected chi connectivity index (χ0v) is 13.9. The molecule has 5 nitrogen and oxygen atoms in total. The van der Waals surface area contributed by atoms with Crippen molar-refractivity contribution in [2.24, 2.45) is 17.8 Å². The molecule has 1 unspecified atom stereocenters. The Morgan fingerprint density at radius 2 is 2.09 bits per heavy atom. The Morgan fingerprint density at radius 3 is 2.74 bits per heavy atom. The summed E-state index contributed by atoms with van der Waals surface area (Å²) in [5, 5.41) is 4.53. The molecule has 5 heteroatoms. The zero-order valence-electron chi connectivity index (χ0n) is 13.9. The molecule has 1 aliphatic heterocycles. The lowest BCUT2D eigenvalue weighted by atomic mass is 9.78. The van der Waals surface area contributed by atoms with Gasteiger partial charge in [-0.3, -0.25) is 4.68 Å².